The van der Waals surface area contributed by atoms with Gasteiger partial charge in [0, 0.05) is 82.2 Å². The zero-order valence-corrected chi connectivity index (χ0v) is 21.1. The average Bonchev–Trinajstić information content (AvgIpc) is 2.90. The van der Waals surface area contributed by atoms with Crippen LogP contribution in [0.3, 0.4) is 0 Å². The summed E-state index contributed by atoms with van der Waals surface area (Å²) in [6.45, 7) is 11.4. The first-order chi connectivity index (χ1) is 18.1. The smallest absolute Gasteiger partial charge is 0.234 e. The highest BCUT2D eigenvalue weighted by molar-refractivity contribution is 5.78. The van der Waals surface area contributed by atoms with Gasteiger partial charge in [-0.05, 0) is 35.4 Å². The number of carbonyl (C=O) groups excluding carboxylic acids is 1. The molecular weight excluding hydrogens is 464 g/mol. The van der Waals surface area contributed by atoms with Crippen molar-refractivity contribution in [2.24, 2.45) is 0 Å². The van der Waals surface area contributed by atoms with Crippen molar-refractivity contribution in [2.45, 2.75) is 13.1 Å². The van der Waals surface area contributed by atoms with Gasteiger partial charge in [-0.25, -0.2) is 15.0 Å². The molecule has 0 unspecified atom stereocenters. The number of nitrogens with one attached hydrogen (secondary N) is 2. The van der Waals surface area contributed by atoms with Crippen LogP contribution < -0.4 is 10.6 Å². The zero-order chi connectivity index (χ0) is 25.5. The Bertz CT molecular complexity index is 1210. The highest BCUT2D eigenvalue weighted by Crippen LogP contribution is 2.23. The number of nitrogens with zero attached hydrogens (tertiary/aromatic N) is 6. The Kier molecular flexibility index (Phi) is 8.15. The fraction of sp³-hybridized carbons (Fsp3) is 0.357. The number of pyridine rings is 1. The molecule has 9 heteroatoms. The maximum absolute atomic E-state index is 12.6. The largest absolute Gasteiger partial charge is 0.354 e. The maximum Gasteiger partial charge on any atom is 0.234 e. The Morgan fingerprint density at radius 2 is 1.68 bits per heavy atom. The van der Waals surface area contributed by atoms with Crippen LogP contribution in [-0.2, 0) is 17.9 Å². The molecule has 9 nitrogen and oxygen atoms in total. The van der Waals surface area contributed by atoms with E-state index < -0.39 is 0 Å². The van der Waals surface area contributed by atoms with Gasteiger partial charge in [-0.2, -0.15) is 0 Å². The van der Waals surface area contributed by atoms with E-state index >= 15 is 0 Å². The first-order valence-corrected chi connectivity index (χ1v) is 12.8. The molecule has 3 aromatic rings. The maximum atomic E-state index is 12.6. The monoisotopic (exact) mass is 498 g/mol. The van der Waals surface area contributed by atoms with Gasteiger partial charge in [0.2, 0.25) is 5.91 Å². The molecule has 37 heavy (non-hydrogen) atoms. The molecule has 2 aromatic heterocycles. The molecule has 0 atom stereocenters. The summed E-state index contributed by atoms with van der Waals surface area (Å²) < 4.78 is 0. The first kappa shape index (κ1) is 25.0. The second kappa shape index (κ2) is 12.1. The van der Waals surface area contributed by atoms with E-state index in [0.717, 1.165) is 61.2 Å². The Morgan fingerprint density at radius 1 is 0.892 bits per heavy atom. The van der Waals surface area contributed by atoms with Crippen molar-refractivity contribution in [1.29, 1.82) is 0 Å². The van der Waals surface area contributed by atoms with Crippen LogP contribution in [0.1, 0.15) is 11.4 Å². The summed E-state index contributed by atoms with van der Waals surface area (Å²) in [6, 6.07) is 12.5. The lowest BCUT2D eigenvalue weighted by Gasteiger charge is -2.34. The van der Waals surface area contributed by atoms with Crippen LogP contribution in [0, 0.1) is 0 Å². The van der Waals surface area contributed by atoms with Crippen molar-refractivity contribution in [3.05, 3.63) is 79.0 Å². The van der Waals surface area contributed by atoms with Crippen LogP contribution in [-0.4, -0.2) is 87.9 Å². The predicted octanol–water partition coefficient (Wildman–Crippen LogP) is 2.52. The number of piperazine rings is 1. The molecule has 1 saturated heterocycles. The van der Waals surface area contributed by atoms with Gasteiger partial charge in [0.1, 0.15) is 11.6 Å². The molecule has 5 aliphatic rings. The molecule has 1 aromatic carbocycles. The second-order valence-corrected chi connectivity index (χ2v) is 9.57. The van der Waals surface area contributed by atoms with Gasteiger partial charge in [-0.1, -0.05) is 18.2 Å². The van der Waals surface area contributed by atoms with Gasteiger partial charge in [-0.15, -0.1) is 6.58 Å². The summed E-state index contributed by atoms with van der Waals surface area (Å²) in [4.78, 5) is 33.1. The number of anilines is 2. The highest BCUT2D eigenvalue weighted by atomic mass is 16.2. The Balaban J connectivity index is 1.38. The van der Waals surface area contributed by atoms with E-state index in [-0.39, 0.29) is 5.91 Å². The van der Waals surface area contributed by atoms with E-state index in [4.69, 9.17) is 0 Å². The standard InChI is InChI=1S/C28H34N8O/c1-2-9-34-10-8-30-28(37)21-36-13-11-35(12-14-36)19-22-4-3-5-25(15-22)33-26-16-23(6-7-29-26)24-17-31-27(20-34)32-18-24/h2-7,15-18H,1,8-14,19-21H2,(H,29,33)(H,30,37). The predicted molar refractivity (Wildman–Crippen MR) is 145 cm³/mol. The number of carbonyl (C=O) groups is 1. The van der Waals surface area contributed by atoms with E-state index in [1.165, 1.54) is 5.56 Å². The summed E-state index contributed by atoms with van der Waals surface area (Å²) in [5.74, 6) is 1.58. The first-order valence-electron chi connectivity index (χ1n) is 12.8. The Hall–Kier alpha value is -3.66. The molecule has 1 fully saturated rings. The summed E-state index contributed by atoms with van der Waals surface area (Å²) in [5, 5.41) is 6.52. The fourth-order valence-electron chi connectivity index (χ4n) is 4.75. The van der Waals surface area contributed by atoms with Gasteiger partial charge < -0.3 is 10.6 Å². The molecular formula is C28H34N8O. The van der Waals surface area contributed by atoms with E-state index in [0.29, 0.717) is 32.7 Å². The molecule has 2 N–H and O–H groups in total. The molecule has 0 radical (unpaired) electrons. The van der Waals surface area contributed by atoms with E-state index in [9.17, 15) is 4.79 Å². The molecule has 0 aliphatic carbocycles. The second-order valence-electron chi connectivity index (χ2n) is 9.57. The minimum atomic E-state index is 0.0696. The van der Waals surface area contributed by atoms with Crippen molar-refractivity contribution in [3.8, 4) is 11.1 Å². The lowest BCUT2D eigenvalue weighted by Crippen LogP contribution is -2.49. The normalized spacial score (nSPS) is 21.1. The molecule has 7 heterocycles. The molecule has 8 bridgehead atoms. The van der Waals surface area contributed by atoms with Crippen molar-refractivity contribution in [3.63, 3.8) is 0 Å². The highest BCUT2D eigenvalue weighted by Gasteiger charge is 2.19. The minimum Gasteiger partial charge on any atom is -0.354 e. The van der Waals surface area contributed by atoms with E-state index in [1.54, 1.807) is 6.20 Å². The van der Waals surface area contributed by atoms with Crippen molar-refractivity contribution < 1.29 is 4.79 Å². The number of amides is 1. The summed E-state index contributed by atoms with van der Waals surface area (Å²) in [6.07, 6.45) is 7.37. The van der Waals surface area contributed by atoms with Gasteiger partial charge in [-0.3, -0.25) is 19.5 Å². The molecule has 0 spiro atoms. The SMILES string of the molecule is C=CCN1CCNC(=O)CN2CCN(CC2)Cc2cccc(c2)Nc2cc(ccn2)-c2cnc(nc2)C1. The van der Waals surface area contributed by atoms with E-state index in [1.807, 2.05) is 30.6 Å². The lowest BCUT2D eigenvalue weighted by molar-refractivity contribution is -0.122. The number of rotatable bonds is 2. The third-order valence-electron chi connectivity index (χ3n) is 6.74. The molecule has 1 amide bonds. The summed E-state index contributed by atoms with van der Waals surface area (Å²) in [5.41, 5.74) is 4.19. The molecule has 192 valence electrons. The lowest BCUT2D eigenvalue weighted by atomic mass is 10.1. The fourth-order valence-corrected chi connectivity index (χ4v) is 4.75. The molecule has 8 rings (SSSR count). The van der Waals surface area contributed by atoms with Crippen molar-refractivity contribution in [1.82, 2.24) is 35.0 Å². The quantitative estimate of drug-likeness (QED) is 0.521. The third-order valence-corrected chi connectivity index (χ3v) is 6.74. The van der Waals surface area contributed by atoms with Crippen LogP contribution >= 0.6 is 0 Å². The van der Waals surface area contributed by atoms with Crippen molar-refractivity contribution in [2.75, 3.05) is 57.7 Å². The van der Waals surface area contributed by atoms with Crippen LogP contribution in [0.5, 0.6) is 0 Å². The zero-order valence-electron chi connectivity index (χ0n) is 21.1. The molecule has 0 saturated carbocycles. The van der Waals surface area contributed by atoms with E-state index in [2.05, 4.69) is 71.1 Å². The van der Waals surface area contributed by atoms with Crippen LogP contribution in [0.4, 0.5) is 11.5 Å². The van der Waals surface area contributed by atoms with Gasteiger partial charge in [0.05, 0.1) is 13.1 Å². The average molecular weight is 499 g/mol. The van der Waals surface area contributed by atoms with Gasteiger partial charge >= 0.3 is 0 Å². The number of hydrogen-bond acceptors (Lipinski definition) is 8. The van der Waals surface area contributed by atoms with Crippen LogP contribution in [0.15, 0.2) is 67.6 Å². The van der Waals surface area contributed by atoms with Gasteiger partial charge in [0.25, 0.3) is 0 Å². The Labute approximate surface area is 218 Å². The van der Waals surface area contributed by atoms with Crippen LogP contribution in [0.2, 0.25) is 0 Å². The summed E-state index contributed by atoms with van der Waals surface area (Å²) in [7, 11) is 0. The number of aromatic nitrogens is 3. The third kappa shape index (κ3) is 6.97. The van der Waals surface area contributed by atoms with Crippen molar-refractivity contribution >= 4 is 17.4 Å². The van der Waals surface area contributed by atoms with Gasteiger partial charge in [0.15, 0.2) is 0 Å². The Morgan fingerprint density at radius 3 is 2.46 bits per heavy atom. The topological polar surface area (TPSA) is 89.5 Å². The van der Waals surface area contributed by atoms with Crippen LogP contribution in [0.25, 0.3) is 11.1 Å². The summed E-state index contributed by atoms with van der Waals surface area (Å²) >= 11 is 0. The minimum absolute atomic E-state index is 0.0696. The number of hydrogen-bond donors (Lipinski definition) is 2. The number of benzene rings is 1. The molecule has 5 aliphatic heterocycles.